The number of fused-ring (bicyclic) bond motifs is 1. The Morgan fingerprint density at radius 1 is 1.27 bits per heavy atom. The van der Waals surface area contributed by atoms with Crippen LogP contribution in [0.15, 0.2) is 32.9 Å². The number of hydrogen-bond donors (Lipinski definition) is 2. The second-order valence-electron chi connectivity index (χ2n) is 2.83. The molecular formula is C8H5N5O2. The number of hydrogen-bond acceptors (Lipinski definition) is 3. The van der Waals surface area contributed by atoms with E-state index in [0.717, 1.165) is 0 Å². The van der Waals surface area contributed by atoms with Crippen molar-refractivity contribution in [1.82, 2.24) is 9.97 Å². The molecule has 0 saturated carbocycles. The Bertz CT molecular complexity index is 677. The molecule has 7 heteroatoms. The number of nitrogens with zero attached hydrogens (tertiary/aromatic N) is 3. The minimum absolute atomic E-state index is 0.339. The highest BCUT2D eigenvalue weighted by atomic mass is 16.2. The molecule has 0 bridgehead atoms. The normalized spacial score (nSPS) is 9.87. The smallest absolute Gasteiger partial charge is 0.307 e. The summed E-state index contributed by atoms with van der Waals surface area (Å²) in [6.07, 6.45) is 0. The van der Waals surface area contributed by atoms with Crippen molar-refractivity contribution in [3.8, 4) is 0 Å². The van der Waals surface area contributed by atoms with Gasteiger partial charge in [-0.2, -0.15) is 0 Å². The maximum atomic E-state index is 11.3. The van der Waals surface area contributed by atoms with Crippen LogP contribution in [0.1, 0.15) is 0 Å². The monoisotopic (exact) mass is 203 g/mol. The molecule has 15 heavy (non-hydrogen) atoms. The van der Waals surface area contributed by atoms with Crippen molar-refractivity contribution >= 4 is 16.6 Å². The number of azide groups is 1. The average molecular weight is 203 g/mol. The molecule has 74 valence electrons. The molecule has 1 aromatic carbocycles. The van der Waals surface area contributed by atoms with Crippen LogP contribution in [-0.2, 0) is 0 Å². The number of benzene rings is 1. The van der Waals surface area contributed by atoms with E-state index in [1.54, 1.807) is 0 Å². The van der Waals surface area contributed by atoms with Crippen LogP contribution >= 0.6 is 0 Å². The SMILES string of the molecule is [N-]=[N+]=Nc1ccc2c(=O)[nH]c(=O)[nH]c2c1. The van der Waals surface area contributed by atoms with E-state index in [4.69, 9.17) is 5.53 Å². The van der Waals surface area contributed by atoms with Crippen LogP contribution in [-0.4, -0.2) is 9.97 Å². The molecule has 0 aliphatic rings. The van der Waals surface area contributed by atoms with Crippen molar-refractivity contribution in [3.63, 3.8) is 0 Å². The molecule has 0 aliphatic heterocycles. The number of nitrogens with one attached hydrogen (secondary N) is 2. The minimum atomic E-state index is -0.592. The highest BCUT2D eigenvalue weighted by Gasteiger charge is 2.00. The van der Waals surface area contributed by atoms with Gasteiger partial charge in [-0.15, -0.1) is 0 Å². The third-order valence-corrected chi connectivity index (χ3v) is 1.88. The van der Waals surface area contributed by atoms with Gasteiger partial charge in [0.05, 0.1) is 10.9 Å². The quantitative estimate of drug-likeness (QED) is 0.411. The molecule has 0 aliphatic carbocycles. The number of H-pyrrole nitrogens is 2. The van der Waals surface area contributed by atoms with Crippen molar-refractivity contribution in [2.75, 3.05) is 0 Å². The zero-order chi connectivity index (χ0) is 10.8. The van der Waals surface area contributed by atoms with Crippen LogP contribution in [0.3, 0.4) is 0 Å². The van der Waals surface area contributed by atoms with Gasteiger partial charge in [-0.25, -0.2) is 4.79 Å². The van der Waals surface area contributed by atoms with E-state index in [9.17, 15) is 9.59 Å². The summed E-state index contributed by atoms with van der Waals surface area (Å²) < 4.78 is 0. The topological polar surface area (TPSA) is 114 Å². The largest absolute Gasteiger partial charge is 0.326 e. The Morgan fingerprint density at radius 2 is 2.07 bits per heavy atom. The summed E-state index contributed by atoms with van der Waals surface area (Å²) in [6, 6.07) is 4.41. The van der Waals surface area contributed by atoms with Gasteiger partial charge >= 0.3 is 5.69 Å². The first-order chi connectivity index (χ1) is 7.20. The second kappa shape index (κ2) is 3.32. The number of aromatic nitrogens is 2. The highest BCUT2D eigenvalue weighted by Crippen LogP contribution is 2.16. The summed E-state index contributed by atoms with van der Waals surface area (Å²) in [5.74, 6) is 0. The van der Waals surface area contributed by atoms with Gasteiger partial charge < -0.3 is 4.98 Å². The predicted octanol–water partition coefficient (Wildman–Crippen LogP) is 1.16. The molecule has 7 nitrogen and oxygen atoms in total. The lowest BCUT2D eigenvalue weighted by Gasteiger charge is -1.96. The van der Waals surface area contributed by atoms with E-state index >= 15 is 0 Å². The molecule has 2 rings (SSSR count). The molecule has 0 saturated heterocycles. The Kier molecular flexibility index (Phi) is 2.00. The Hall–Kier alpha value is -2.53. The Labute approximate surface area is 82.0 Å². The molecular weight excluding hydrogens is 198 g/mol. The fraction of sp³-hybridized carbons (Fsp3) is 0. The van der Waals surface area contributed by atoms with E-state index in [1.165, 1.54) is 18.2 Å². The van der Waals surface area contributed by atoms with Crippen molar-refractivity contribution in [2.45, 2.75) is 0 Å². The summed E-state index contributed by atoms with van der Waals surface area (Å²) in [7, 11) is 0. The molecule has 0 unspecified atom stereocenters. The lowest BCUT2D eigenvalue weighted by atomic mass is 10.2. The predicted molar refractivity (Wildman–Crippen MR) is 54.0 cm³/mol. The minimum Gasteiger partial charge on any atom is -0.307 e. The molecule has 2 aromatic rings. The van der Waals surface area contributed by atoms with E-state index in [2.05, 4.69) is 20.0 Å². The Morgan fingerprint density at radius 3 is 2.80 bits per heavy atom. The molecule has 0 amide bonds. The van der Waals surface area contributed by atoms with E-state index in [0.29, 0.717) is 16.6 Å². The van der Waals surface area contributed by atoms with Gasteiger partial charge in [-0.05, 0) is 17.7 Å². The molecule has 0 fully saturated rings. The van der Waals surface area contributed by atoms with E-state index in [-0.39, 0.29) is 0 Å². The zero-order valence-electron chi connectivity index (χ0n) is 7.39. The van der Waals surface area contributed by atoms with Gasteiger partial charge in [0.25, 0.3) is 5.56 Å². The second-order valence-corrected chi connectivity index (χ2v) is 2.83. The van der Waals surface area contributed by atoms with Gasteiger partial charge in [0.1, 0.15) is 0 Å². The van der Waals surface area contributed by atoms with Crippen LogP contribution in [0, 0.1) is 0 Å². The van der Waals surface area contributed by atoms with Crippen molar-refractivity contribution < 1.29 is 0 Å². The van der Waals surface area contributed by atoms with Crippen molar-refractivity contribution in [1.29, 1.82) is 0 Å². The first-order valence-electron chi connectivity index (χ1n) is 4.02. The highest BCUT2D eigenvalue weighted by molar-refractivity contribution is 5.80. The van der Waals surface area contributed by atoms with Gasteiger partial charge in [-0.3, -0.25) is 9.78 Å². The van der Waals surface area contributed by atoms with Crippen LogP contribution in [0.25, 0.3) is 21.3 Å². The lowest BCUT2D eigenvalue weighted by Crippen LogP contribution is -2.21. The average Bonchev–Trinajstić information content (AvgIpc) is 2.17. The fourth-order valence-electron chi connectivity index (χ4n) is 1.27. The molecule has 2 N–H and O–H groups in total. The molecule has 0 radical (unpaired) electrons. The summed E-state index contributed by atoms with van der Waals surface area (Å²) in [4.78, 5) is 29.4. The number of aromatic amines is 2. The summed E-state index contributed by atoms with van der Waals surface area (Å²) in [5.41, 5.74) is 7.84. The van der Waals surface area contributed by atoms with E-state index < -0.39 is 11.2 Å². The van der Waals surface area contributed by atoms with Crippen molar-refractivity contribution in [3.05, 3.63) is 49.5 Å². The third kappa shape index (κ3) is 1.59. The van der Waals surface area contributed by atoms with Gasteiger partial charge in [0.2, 0.25) is 0 Å². The van der Waals surface area contributed by atoms with Gasteiger partial charge in [-0.1, -0.05) is 11.2 Å². The molecule has 0 spiro atoms. The van der Waals surface area contributed by atoms with Crippen LogP contribution in [0.5, 0.6) is 0 Å². The maximum absolute atomic E-state index is 11.3. The van der Waals surface area contributed by atoms with Crippen LogP contribution in [0.4, 0.5) is 5.69 Å². The molecule has 0 atom stereocenters. The zero-order valence-corrected chi connectivity index (χ0v) is 7.39. The summed E-state index contributed by atoms with van der Waals surface area (Å²) in [5, 5.41) is 3.70. The first kappa shape index (κ1) is 9.04. The molecule has 1 heterocycles. The lowest BCUT2D eigenvalue weighted by molar-refractivity contribution is 1.08. The molecule has 1 aromatic heterocycles. The standard InChI is InChI=1S/C8H5N5O2/c9-13-12-4-1-2-5-6(3-4)10-8(15)11-7(5)14/h1-3H,(H2,10,11,14,15). The first-order valence-corrected chi connectivity index (χ1v) is 4.02. The van der Waals surface area contributed by atoms with Crippen molar-refractivity contribution in [2.24, 2.45) is 5.11 Å². The third-order valence-electron chi connectivity index (χ3n) is 1.88. The summed E-state index contributed by atoms with van der Waals surface area (Å²) >= 11 is 0. The van der Waals surface area contributed by atoms with E-state index in [1.807, 2.05) is 0 Å². The van der Waals surface area contributed by atoms with Crippen LogP contribution in [0.2, 0.25) is 0 Å². The Balaban J connectivity index is 2.88. The van der Waals surface area contributed by atoms with Gasteiger partial charge in [0, 0.05) is 10.6 Å². The maximum Gasteiger partial charge on any atom is 0.326 e. The fourth-order valence-corrected chi connectivity index (χ4v) is 1.27. The summed E-state index contributed by atoms with van der Waals surface area (Å²) in [6.45, 7) is 0. The number of rotatable bonds is 1. The van der Waals surface area contributed by atoms with Crippen LogP contribution < -0.4 is 11.2 Å². The van der Waals surface area contributed by atoms with Gasteiger partial charge in [0.15, 0.2) is 0 Å².